The molecule has 1 unspecified atom stereocenters. The van der Waals surface area contributed by atoms with Gasteiger partial charge in [0.1, 0.15) is 6.61 Å². The van der Waals surface area contributed by atoms with Gasteiger partial charge in [-0.1, -0.05) is 19.8 Å². The van der Waals surface area contributed by atoms with Crippen LogP contribution in [0, 0.1) is 5.41 Å². The third-order valence-electron chi connectivity index (χ3n) is 2.09. The highest BCUT2D eigenvalue weighted by molar-refractivity contribution is 5.77. The number of unbranched alkanes of at least 4 members (excludes halogenated alkanes) is 1. The van der Waals surface area contributed by atoms with Gasteiger partial charge in [0, 0.05) is 0 Å². The maximum absolute atomic E-state index is 11.1. The molecule has 0 aromatic rings. The topological polar surface area (TPSA) is 35.5 Å². The molecule has 3 heteroatoms. The SMILES string of the molecule is CCCCC1(C)COOC1=O. The lowest BCUT2D eigenvalue weighted by Gasteiger charge is -2.14. The average Bonchev–Trinajstić information content (AvgIpc) is 2.30. The Morgan fingerprint density at radius 2 is 2.36 bits per heavy atom. The molecule has 0 aromatic carbocycles. The van der Waals surface area contributed by atoms with Gasteiger partial charge in [0.25, 0.3) is 0 Å². The first-order valence-electron chi connectivity index (χ1n) is 4.03. The minimum absolute atomic E-state index is 0.217. The maximum Gasteiger partial charge on any atom is 0.350 e. The van der Waals surface area contributed by atoms with E-state index < -0.39 is 0 Å². The van der Waals surface area contributed by atoms with Gasteiger partial charge in [0.05, 0.1) is 5.41 Å². The summed E-state index contributed by atoms with van der Waals surface area (Å²) in [7, 11) is 0. The zero-order valence-corrected chi connectivity index (χ0v) is 7.05. The van der Waals surface area contributed by atoms with Gasteiger partial charge < -0.3 is 0 Å². The second-order valence-electron chi connectivity index (χ2n) is 3.30. The Balaban J connectivity index is 2.44. The number of carbonyl (C=O) groups excluding carboxylic acids is 1. The van der Waals surface area contributed by atoms with Crippen LogP contribution in [0.1, 0.15) is 33.1 Å². The van der Waals surface area contributed by atoms with Gasteiger partial charge in [-0.15, -0.1) is 0 Å². The van der Waals surface area contributed by atoms with Crippen molar-refractivity contribution in [2.75, 3.05) is 6.61 Å². The Labute approximate surface area is 66.6 Å². The monoisotopic (exact) mass is 158 g/mol. The summed E-state index contributed by atoms with van der Waals surface area (Å²) < 4.78 is 0. The summed E-state index contributed by atoms with van der Waals surface area (Å²) in [6, 6.07) is 0. The van der Waals surface area contributed by atoms with Gasteiger partial charge in [-0.05, 0) is 13.3 Å². The standard InChI is InChI=1S/C8H14O3/c1-3-4-5-8(2)6-10-11-7(8)9/h3-6H2,1-2H3. The summed E-state index contributed by atoms with van der Waals surface area (Å²) in [6.07, 6.45) is 3.01. The fourth-order valence-electron chi connectivity index (χ4n) is 1.11. The van der Waals surface area contributed by atoms with Crippen molar-refractivity contribution >= 4 is 5.97 Å². The van der Waals surface area contributed by atoms with Crippen LogP contribution < -0.4 is 0 Å². The molecule has 0 aliphatic carbocycles. The largest absolute Gasteiger partial charge is 0.350 e. The van der Waals surface area contributed by atoms with Crippen LogP contribution in [0.15, 0.2) is 0 Å². The molecule has 1 aliphatic rings. The number of hydrogen-bond donors (Lipinski definition) is 0. The molecule has 0 radical (unpaired) electrons. The van der Waals surface area contributed by atoms with Crippen LogP contribution >= 0.6 is 0 Å². The second kappa shape index (κ2) is 3.22. The maximum atomic E-state index is 11.1. The highest BCUT2D eigenvalue weighted by Crippen LogP contribution is 2.30. The Morgan fingerprint density at radius 1 is 1.64 bits per heavy atom. The van der Waals surface area contributed by atoms with Crippen molar-refractivity contribution in [1.29, 1.82) is 0 Å². The molecule has 1 rings (SSSR count). The molecule has 11 heavy (non-hydrogen) atoms. The van der Waals surface area contributed by atoms with E-state index in [-0.39, 0.29) is 11.4 Å². The molecule has 0 saturated carbocycles. The Kier molecular flexibility index (Phi) is 2.49. The van der Waals surface area contributed by atoms with Crippen molar-refractivity contribution in [1.82, 2.24) is 0 Å². The highest BCUT2D eigenvalue weighted by atomic mass is 17.2. The summed E-state index contributed by atoms with van der Waals surface area (Å²) in [6.45, 7) is 4.40. The lowest BCUT2D eigenvalue weighted by molar-refractivity contribution is -0.240. The van der Waals surface area contributed by atoms with Crippen LogP contribution in [-0.4, -0.2) is 12.6 Å². The third-order valence-corrected chi connectivity index (χ3v) is 2.09. The second-order valence-corrected chi connectivity index (χ2v) is 3.30. The molecule has 0 N–H and O–H groups in total. The van der Waals surface area contributed by atoms with E-state index in [1.54, 1.807) is 0 Å². The van der Waals surface area contributed by atoms with E-state index in [0.717, 1.165) is 19.3 Å². The van der Waals surface area contributed by atoms with Crippen LogP contribution in [0.25, 0.3) is 0 Å². The summed E-state index contributed by atoms with van der Waals surface area (Å²) in [5, 5.41) is 0. The van der Waals surface area contributed by atoms with Crippen molar-refractivity contribution in [2.24, 2.45) is 5.41 Å². The summed E-state index contributed by atoms with van der Waals surface area (Å²) >= 11 is 0. The Morgan fingerprint density at radius 3 is 2.82 bits per heavy atom. The summed E-state index contributed by atoms with van der Waals surface area (Å²) in [5.41, 5.74) is -0.379. The smallest absolute Gasteiger partial charge is 0.298 e. The fourth-order valence-corrected chi connectivity index (χ4v) is 1.11. The lowest BCUT2D eigenvalue weighted by atomic mass is 9.86. The highest BCUT2D eigenvalue weighted by Gasteiger charge is 2.41. The molecular formula is C8H14O3. The third kappa shape index (κ3) is 1.71. The molecule has 64 valence electrons. The molecule has 0 amide bonds. The van der Waals surface area contributed by atoms with Gasteiger partial charge in [-0.3, -0.25) is 4.89 Å². The van der Waals surface area contributed by atoms with Crippen LogP contribution in [0.4, 0.5) is 0 Å². The first kappa shape index (κ1) is 8.53. The molecule has 1 fully saturated rings. The lowest BCUT2D eigenvalue weighted by Crippen LogP contribution is -2.25. The van der Waals surface area contributed by atoms with Gasteiger partial charge >= 0.3 is 5.97 Å². The number of rotatable bonds is 3. The van der Waals surface area contributed by atoms with Gasteiger partial charge in [0.2, 0.25) is 0 Å². The predicted octanol–water partition coefficient (Wildman–Crippen LogP) is 1.67. The van der Waals surface area contributed by atoms with Crippen molar-refractivity contribution in [2.45, 2.75) is 33.1 Å². The summed E-state index contributed by atoms with van der Waals surface area (Å²) in [4.78, 5) is 20.1. The number of hydrogen-bond acceptors (Lipinski definition) is 3. The normalized spacial score (nSPS) is 30.5. The van der Waals surface area contributed by atoms with E-state index in [1.807, 2.05) is 6.92 Å². The van der Waals surface area contributed by atoms with E-state index >= 15 is 0 Å². The zero-order chi connectivity index (χ0) is 8.32. The van der Waals surface area contributed by atoms with Crippen LogP contribution in [-0.2, 0) is 14.6 Å². The number of carbonyl (C=O) groups is 1. The average molecular weight is 158 g/mol. The quantitative estimate of drug-likeness (QED) is 0.586. The van der Waals surface area contributed by atoms with E-state index in [9.17, 15) is 4.79 Å². The van der Waals surface area contributed by atoms with Gasteiger partial charge in [-0.25, -0.2) is 4.79 Å². The zero-order valence-electron chi connectivity index (χ0n) is 7.05. The molecule has 1 saturated heterocycles. The van der Waals surface area contributed by atoms with Crippen molar-refractivity contribution < 1.29 is 14.6 Å². The molecule has 0 bridgehead atoms. The predicted molar refractivity (Wildman–Crippen MR) is 39.7 cm³/mol. The molecule has 1 aliphatic heterocycles. The van der Waals surface area contributed by atoms with Crippen molar-refractivity contribution in [3.05, 3.63) is 0 Å². The minimum atomic E-state index is -0.379. The molecule has 0 spiro atoms. The van der Waals surface area contributed by atoms with E-state index in [2.05, 4.69) is 16.7 Å². The molecule has 3 nitrogen and oxygen atoms in total. The van der Waals surface area contributed by atoms with E-state index in [1.165, 1.54) is 0 Å². The first-order valence-corrected chi connectivity index (χ1v) is 4.03. The fraction of sp³-hybridized carbons (Fsp3) is 0.875. The Hall–Kier alpha value is -0.570. The first-order chi connectivity index (χ1) is 5.19. The van der Waals surface area contributed by atoms with Crippen LogP contribution in [0.2, 0.25) is 0 Å². The molecule has 0 aromatic heterocycles. The minimum Gasteiger partial charge on any atom is -0.298 e. The van der Waals surface area contributed by atoms with Crippen LogP contribution in [0.5, 0.6) is 0 Å². The Bertz CT molecular complexity index is 155. The summed E-state index contributed by atoms with van der Waals surface area (Å²) in [5.74, 6) is -0.217. The molecule has 1 heterocycles. The van der Waals surface area contributed by atoms with Crippen molar-refractivity contribution in [3.8, 4) is 0 Å². The van der Waals surface area contributed by atoms with Crippen LogP contribution in [0.3, 0.4) is 0 Å². The van der Waals surface area contributed by atoms with Crippen molar-refractivity contribution in [3.63, 3.8) is 0 Å². The van der Waals surface area contributed by atoms with Gasteiger partial charge in [0.15, 0.2) is 0 Å². The van der Waals surface area contributed by atoms with E-state index in [4.69, 9.17) is 0 Å². The van der Waals surface area contributed by atoms with E-state index in [0.29, 0.717) is 6.61 Å². The molecule has 1 atom stereocenters. The van der Waals surface area contributed by atoms with Gasteiger partial charge in [-0.2, -0.15) is 4.89 Å². The molecular weight excluding hydrogens is 144 g/mol.